The molecule has 2 rings (SSSR count). The minimum atomic E-state index is -0.662. The van der Waals surface area contributed by atoms with E-state index in [1.807, 2.05) is 6.08 Å². The second-order valence-electron chi connectivity index (χ2n) is 3.16. The summed E-state index contributed by atoms with van der Waals surface area (Å²) in [6.07, 6.45) is 3.12. The fraction of sp³-hybridized carbons (Fsp3) is 0.750. The largest absolute Gasteiger partial charge is 0.370 e. The molecule has 0 spiro atoms. The minimum Gasteiger partial charge on any atom is -0.370 e. The summed E-state index contributed by atoms with van der Waals surface area (Å²) in [6, 6.07) is 0.552. The van der Waals surface area contributed by atoms with E-state index in [-0.39, 0.29) is 0 Å². The van der Waals surface area contributed by atoms with Gasteiger partial charge in [0.15, 0.2) is 0 Å². The zero-order chi connectivity index (χ0) is 7.14. The first-order valence-corrected chi connectivity index (χ1v) is 3.90. The SMILES string of the molecule is CC1CC=C2C(F)CCN21. The number of allylic oxidation sites excluding steroid dienone is 1. The van der Waals surface area contributed by atoms with Gasteiger partial charge in [-0.25, -0.2) is 4.39 Å². The van der Waals surface area contributed by atoms with Crippen molar-refractivity contribution in [3.05, 3.63) is 11.8 Å². The second kappa shape index (κ2) is 1.97. The highest BCUT2D eigenvalue weighted by Gasteiger charge is 2.33. The zero-order valence-corrected chi connectivity index (χ0v) is 6.18. The van der Waals surface area contributed by atoms with Crippen LogP contribution in [0.3, 0.4) is 0 Å². The number of rotatable bonds is 0. The summed E-state index contributed by atoms with van der Waals surface area (Å²) in [5.74, 6) is 0. The van der Waals surface area contributed by atoms with Gasteiger partial charge in [0, 0.05) is 24.7 Å². The highest BCUT2D eigenvalue weighted by Crippen LogP contribution is 2.32. The standard InChI is InChI=1S/C8H12FN/c1-6-2-3-8-7(9)4-5-10(6)8/h3,6-7H,2,4-5H2,1H3. The van der Waals surface area contributed by atoms with E-state index in [9.17, 15) is 4.39 Å². The van der Waals surface area contributed by atoms with Gasteiger partial charge in [0.2, 0.25) is 0 Å². The topological polar surface area (TPSA) is 3.24 Å². The summed E-state index contributed by atoms with van der Waals surface area (Å²) < 4.78 is 12.9. The molecule has 0 aromatic heterocycles. The summed E-state index contributed by atoms with van der Waals surface area (Å²) in [5.41, 5.74) is 0.951. The Balaban J connectivity index is 2.21. The zero-order valence-electron chi connectivity index (χ0n) is 6.18. The predicted octanol–water partition coefficient (Wildman–Crippen LogP) is 1.71. The number of halogens is 1. The van der Waals surface area contributed by atoms with Gasteiger partial charge >= 0.3 is 0 Å². The summed E-state index contributed by atoms with van der Waals surface area (Å²) in [5, 5.41) is 0. The van der Waals surface area contributed by atoms with Crippen LogP contribution in [0, 0.1) is 0 Å². The Morgan fingerprint density at radius 3 is 3.20 bits per heavy atom. The summed E-state index contributed by atoms with van der Waals surface area (Å²) in [7, 11) is 0. The van der Waals surface area contributed by atoms with E-state index in [0.717, 1.165) is 18.7 Å². The molecule has 2 unspecified atom stereocenters. The predicted molar refractivity (Wildman–Crippen MR) is 38.4 cm³/mol. The third-order valence-electron chi connectivity index (χ3n) is 2.48. The van der Waals surface area contributed by atoms with Crippen molar-refractivity contribution >= 4 is 0 Å². The van der Waals surface area contributed by atoms with Crippen molar-refractivity contribution in [2.45, 2.75) is 32.0 Å². The van der Waals surface area contributed by atoms with Crippen LogP contribution in [0.2, 0.25) is 0 Å². The van der Waals surface area contributed by atoms with Crippen LogP contribution < -0.4 is 0 Å². The molecular weight excluding hydrogens is 129 g/mol. The lowest BCUT2D eigenvalue weighted by atomic mass is 10.2. The maximum Gasteiger partial charge on any atom is 0.141 e. The van der Waals surface area contributed by atoms with Gasteiger partial charge in [-0.3, -0.25) is 0 Å². The summed E-state index contributed by atoms with van der Waals surface area (Å²) in [4.78, 5) is 2.19. The Bertz CT molecular complexity index is 176. The Hall–Kier alpha value is -0.530. The third-order valence-corrected chi connectivity index (χ3v) is 2.48. The normalized spacial score (nSPS) is 38.2. The molecule has 0 N–H and O–H groups in total. The molecule has 2 heterocycles. The molecule has 0 amide bonds. The second-order valence-corrected chi connectivity index (χ2v) is 3.16. The van der Waals surface area contributed by atoms with Crippen molar-refractivity contribution < 1.29 is 4.39 Å². The van der Waals surface area contributed by atoms with Gasteiger partial charge in [0.25, 0.3) is 0 Å². The molecule has 2 atom stereocenters. The Morgan fingerprint density at radius 1 is 1.70 bits per heavy atom. The number of alkyl halides is 1. The van der Waals surface area contributed by atoms with Crippen LogP contribution in [-0.2, 0) is 0 Å². The van der Waals surface area contributed by atoms with Crippen molar-refractivity contribution in [3.8, 4) is 0 Å². The Kier molecular flexibility index (Phi) is 1.22. The van der Waals surface area contributed by atoms with Crippen LogP contribution >= 0.6 is 0 Å². The molecule has 0 radical (unpaired) electrons. The van der Waals surface area contributed by atoms with Crippen molar-refractivity contribution in [3.63, 3.8) is 0 Å². The van der Waals surface area contributed by atoms with Gasteiger partial charge in [-0.15, -0.1) is 0 Å². The Labute approximate surface area is 60.5 Å². The van der Waals surface area contributed by atoms with Crippen LogP contribution in [0.4, 0.5) is 4.39 Å². The van der Waals surface area contributed by atoms with Crippen molar-refractivity contribution in [1.82, 2.24) is 4.90 Å². The maximum atomic E-state index is 12.9. The first kappa shape index (κ1) is 6.20. The first-order valence-electron chi connectivity index (χ1n) is 3.90. The molecule has 0 saturated carbocycles. The Morgan fingerprint density at radius 2 is 2.50 bits per heavy atom. The molecule has 2 heteroatoms. The maximum absolute atomic E-state index is 12.9. The van der Waals surface area contributed by atoms with Crippen LogP contribution in [0.15, 0.2) is 11.8 Å². The van der Waals surface area contributed by atoms with E-state index < -0.39 is 6.17 Å². The molecule has 0 aliphatic carbocycles. The van der Waals surface area contributed by atoms with Gasteiger partial charge in [-0.1, -0.05) is 6.08 Å². The fourth-order valence-corrected chi connectivity index (χ4v) is 1.85. The molecule has 0 aromatic rings. The van der Waals surface area contributed by atoms with E-state index >= 15 is 0 Å². The van der Waals surface area contributed by atoms with Gasteiger partial charge in [-0.2, -0.15) is 0 Å². The molecule has 10 heavy (non-hydrogen) atoms. The van der Waals surface area contributed by atoms with Gasteiger partial charge in [0.05, 0.1) is 0 Å². The van der Waals surface area contributed by atoms with E-state index in [1.165, 1.54) is 0 Å². The van der Waals surface area contributed by atoms with Crippen LogP contribution in [0.25, 0.3) is 0 Å². The lowest BCUT2D eigenvalue weighted by Crippen LogP contribution is -2.23. The van der Waals surface area contributed by atoms with Crippen LogP contribution in [0.5, 0.6) is 0 Å². The molecule has 0 aromatic carbocycles. The van der Waals surface area contributed by atoms with E-state index in [0.29, 0.717) is 12.5 Å². The summed E-state index contributed by atoms with van der Waals surface area (Å²) in [6.45, 7) is 3.08. The van der Waals surface area contributed by atoms with Crippen LogP contribution in [-0.4, -0.2) is 23.7 Å². The molecule has 2 aliphatic heterocycles. The smallest absolute Gasteiger partial charge is 0.141 e. The molecule has 1 saturated heterocycles. The summed E-state index contributed by atoms with van der Waals surface area (Å²) >= 11 is 0. The van der Waals surface area contributed by atoms with Crippen molar-refractivity contribution in [1.29, 1.82) is 0 Å². The molecule has 1 fully saturated rings. The van der Waals surface area contributed by atoms with Gasteiger partial charge in [-0.05, 0) is 13.3 Å². The highest BCUT2D eigenvalue weighted by molar-refractivity contribution is 5.18. The monoisotopic (exact) mass is 141 g/mol. The minimum absolute atomic E-state index is 0.552. The lowest BCUT2D eigenvalue weighted by Gasteiger charge is -2.19. The van der Waals surface area contributed by atoms with E-state index in [4.69, 9.17) is 0 Å². The molecule has 56 valence electrons. The van der Waals surface area contributed by atoms with Crippen LogP contribution in [0.1, 0.15) is 19.8 Å². The number of fused-ring (bicyclic) bond motifs is 1. The van der Waals surface area contributed by atoms with Crippen molar-refractivity contribution in [2.24, 2.45) is 0 Å². The van der Waals surface area contributed by atoms with Gasteiger partial charge in [0.1, 0.15) is 6.17 Å². The number of hydrogen-bond acceptors (Lipinski definition) is 1. The van der Waals surface area contributed by atoms with E-state index in [2.05, 4.69) is 11.8 Å². The molecule has 2 aliphatic rings. The third kappa shape index (κ3) is 0.678. The van der Waals surface area contributed by atoms with Crippen molar-refractivity contribution in [2.75, 3.05) is 6.54 Å². The first-order chi connectivity index (χ1) is 4.79. The van der Waals surface area contributed by atoms with Gasteiger partial charge < -0.3 is 4.90 Å². The average molecular weight is 141 g/mol. The number of nitrogens with zero attached hydrogens (tertiary/aromatic N) is 1. The quantitative estimate of drug-likeness (QED) is 0.496. The van der Waals surface area contributed by atoms with E-state index in [1.54, 1.807) is 0 Å². The number of hydrogen-bond donors (Lipinski definition) is 0. The molecule has 1 nitrogen and oxygen atoms in total. The highest BCUT2D eigenvalue weighted by atomic mass is 19.1. The fourth-order valence-electron chi connectivity index (χ4n) is 1.85. The molecule has 0 bridgehead atoms. The average Bonchev–Trinajstić information content (AvgIpc) is 2.41. The lowest BCUT2D eigenvalue weighted by molar-refractivity contribution is 0.323. The molecular formula is C8H12FN.